The summed E-state index contributed by atoms with van der Waals surface area (Å²) in [5.41, 5.74) is 0.807. The molecule has 1 atom stereocenters. The zero-order chi connectivity index (χ0) is 15.2. The highest BCUT2D eigenvalue weighted by Gasteiger charge is 2.30. The Kier molecular flexibility index (Phi) is 7.35. The summed E-state index contributed by atoms with van der Waals surface area (Å²) in [6, 6.07) is 8.98. The van der Waals surface area contributed by atoms with Crippen molar-refractivity contribution in [3.8, 4) is 0 Å². The zero-order valence-corrected chi connectivity index (χ0v) is 13.5. The largest absolute Gasteiger partial charge is 0.480 e. The maximum atomic E-state index is 12.2. The van der Waals surface area contributed by atoms with Crippen LogP contribution in [0.3, 0.4) is 0 Å². The smallest absolute Gasteiger partial charge is 0.320 e. The van der Waals surface area contributed by atoms with E-state index in [2.05, 4.69) is 5.32 Å². The lowest BCUT2D eigenvalue weighted by atomic mass is 9.94. The molecular formula is C16H23ClN2O3. The number of carboxylic acids is 1. The normalized spacial score (nSPS) is 17.3. The van der Waals surface area contributed by atoms with Crippen LogP contribution in [0.2, 0.25) is 0 Å². The number of aliphatic carboxylic acids is 1. The average Bonchev–Trinajstić information content (AvgIpc) is 2.49. The van der Waals surface area contributed by atoms with Gasteiger partial charge in [-0.15, -0.1) is 12.4 Å². The van der Waals surface area contributed by atoms with Crippen LogP contribution in [0.15, 0.2) is 30.3 Å². The number of anilines is 1. The van der Waals surface area contributed by atoms with Crippen molar-refractivity contribution in [1.82, 2.24) is 4.90 Å². The van der Waals surface area contributed by atoms with Crippen molar-refractivity contribution in [3.05, 3.63) is 30.3 Å². The first kappa shape index (κ1) is 18.5. The van der Waals surface area contributed by atoms with Crippen molar-refractivity contribution >= 4 is 30.0 Å². The van der Waals surface area contributed by atoms with Crippen LogP contribution in [0.4, 0.5) is 5.69 Å². The van der Waals surface area contributed by atoms with Gasteiger partial charge in [0.05, 0.1) is 0 Å². The monoisotopic (exact) mass is 326 g/mol. The summed E-state index contributed by atoms with van der Waals surface area (Å²) < 4.78 is 0. The molecule has 1 aromatic rings. The number of carboxylic acid groups (broad SMARTS) is 1. The number of nitrogens with one attached hydrogen (secondary N) is 1. The lowest BCUT2D eigenvalue weighted by molar-refractivity contribution is -0.144. The summed E-state index contributed by atoms with van der Waals surface area (Å²) in [5, 5.41) is 12.1. The van der Waals surface area contributed by atoms with Crippen molar-refractivity contribution in [2.45, 2.75) is 32.2 Å². The van der Waals surface area contributed by atoms with Crippen molar-refractivity contribution in [2.75, 3.05) is 18.4 Å². The molecular weight excluding hydrogens is 304 g/mol. The van der Waals surface area contributed by atoms with E-state index in [4.69, 9.17) is 0 Å². The van der Waals surface area contributed by atoms with Gasteiger partial charge in [-0.3, -0.25) is 14.5 Å². The maximum Gasteiger partial charge on any atom is 0.320 e. The molecule has 0 radical (unpaired) electrons. The zero-order valence-electron chi connectivity index (χ0n) is 12.7. The summed E-state index contributed by atoms with van der Waals surface area (Å²) in [7, 11) is 0. The lowest BCUT2D eigenvalue weighted by Gasteiger charge is -2.34. The van der Waals surface area contributed by atoms with E-state index in [0.717, 1.165) is 5.69 Å². The van der Waals surface area contributed by atoms with Crippen LogP contribution in [-0.2, 0) is 9.59 Å². The third-order valence-corrected chi connectivity index (χ3v) is 4.05. The predicted molar refractivity (Wildman–Crippen MR) is 88.3 cm³/mol. The highest BCUT2D eigenvalue weighted by atomic mass is 35.5. The minimum atomic E-state index is -0.773. The van der Waals surface area contributed by atoms with Gasteiger partial charge in [-0.05, 0) is 44.5 Å². The SMILES string of the molecule is CCC(C(=O)O)N1CCC(C(=O)Nc2ccccc2)CC1.Cl. The fourth-order valence-electron chi connectivity index (χ4n) is 2.83. The first-order valence-corrected chi connectivity index (χ1v) is 7.44. The second kappa shape index (κ2) is 8.76. The molecule has 0 aliphatic carbocycles. The Labute approximate surface area is 137 Å². The van der Waals surface area contributed by atoms with Crippen LogP contribution in [0.5, 0.6) is 0 Å². The van der Waals surface area contributed by atoms with Gasteiger partial charge in [-0.2, -0.15) is 0 Å². The molecule has 1 unspecified atom stereocenters. The van der Waals surface area contributed by atoms with Gasteiger partial charge in [0.25, 0.3) is 0 Å². The molecule has 1 aliphatic rings. The fourth-order valence-corrected chi connectivity index (χ4v) is 2.83. The number of para-hydroxylation sites is 1. The van der Waals surface area contributed by atoms with Crippen molar-refractivity contribution in [3.63, 3.8) is 0 Å². The number of hydrogen-bond donors (Lipinski definition) is 2. The molecule has 22 heavy (non-hydrogen) atoms. The number of amides is 1. The predicted octanol–water partition coefficient (Wildman–Crippen LogP) is 2.62. The van der Waals surface area contributed by atoms with Crippen molar-refractivity contribution in [2.24, 2.45) is 5.92 Å². The van der Waals surface area contributed by atoms with E-state index < -0.39 is 12.0 Å². The van der Waals surface area contributed by atoms with Crippen molar-refractivity contribution < 1.29 is 14.7 Å². The molecule has 2 rings (SSSR count). The van der Waals surface area contributed by atoms with Crippen LogP contribution >= 0.6 is 12.4 Å². The molecule has 0 saturated carbocycles. The van der Waals surface area contributed by atoms with Gasteiger partial charge in [-0.1, -0.05) is 25.1 Å². The maximum absolute atomic E-state index is 12.2. The topological polar surface area (TPSA) is 69.6 Å². The van der Waals surface area contributed by atoms with Gasteiger partial charge in [0.15, 0.2) is 0 Å². The van der Waals surface area contributed by atoms with E-state index in [1.165, 1.54) is 0 Å². The third kappa shape index (κ3) is 4.71. The van der Waals surface area contributed by atoms with E-state index in [1.54, 1.807) is 0 Å². The summed E-state index contributed by atoms with van der Waals surface area (Å²) in [6.07, 6.45) is 2.01. The Balaban J connectivity index is 0.00000242. The second-order valence-corrected chi connectivity index (χ2v) is 5.43. The number of rotatable bonds is 5. The highest BCUT2D eigenvalue weighted by molar-refractivity contribution is 5.92. The summed E-state index contributed by atoms with van der Waals surface area (Å²) in [6.45, 7) is 3.21. The van der Waals surface area contributed by atoms with Gasteiger partial charge < -0.3 is 10.4 Å². The van der Waals surface area contributed by atoms with E-state index in [-0.39, 0.29) is 24.2 Å². The molecule has 1 aliphatic heterocycles. The van der Waals surface area contributed by atoms with Crippen LogP contribution in [0.1, 0.15) is 26.2 Å². The lowest BCUT2D eigenvalue weighted by Crippen LogP contribution is -2.46. The second-order valence-electron chi connectivity index (χ2n) is 5.43. The number of hydrogen-bond acceptors (Lipinski definition) is 3. The molecule has 1 heterocycles. The van der Waals surface area contributed by atoms with Gasteiger partial charge in [0, 0.05) is 11.6 Å². The molecule has 0 bridgehead atoms. The van der Waals surface area contributed by atoms with E-state index in [1.807, 2.05) is 42.2 Å². The quantitative estimate of drug-likeness (QED) is 0.872. The Bertz CT molecular complexity index is 487. The minimum Gasteiger partial charge on any atom is -0.480 e. The number of piperidine rings is 1. The number of nitrogens with zero attached hydrogens (tertiary/aromatic N) is 1. The van der Waals surface area contributed by atoms with E-state index >= 15 is 0 Å². The third-order valence-electron chi connectivity index (χ3n) is 4.05. The first-order chi connectivity index (χ1) is 10.1. The van der Waals surface area contributed by atoms with Crippen LogP contribution < -0.4 is 5.32 Å². The number of benzene rings is 1. The van der Waals surface area contributed by atoms with Gasteiger partial charge >= 0.3 is 5.97 Å². The molecule has 1 amide bonds. The Hall–Kier alpha value is -1.59. The number of carbonyl (C=O) groups excluding carboxylic acids is 1. The number of halogens is 1. The first-order valence-electron chi connectivity index (χ1n) is 7.44. The Morgan fingerprint density at radius 3 is 2.36 bits per heavy atom. The number of carbonyl (C=O) groups is 2. The Morgan fingerprint density at radius 1 is 1.27 bits per heavy atom. The molecule has 0 spiro atoms. The number of likely N-dealkylation sites (tertiary alicyclic amines) is 1. The molecule has 5 nitrogen and oxygen atoms in total. The Morgan fingerprint density at radius 2 is 1.86 bits per heavy atom. The van der Waals surface area contributed by atoms with Crippen LogP contribution in [0, 0.1) is 5.92 Å². The van der Waals surface area contributed by atoms with Gasteiger partial charge in [-0.25, -0.2) is 0 Å². The molecule has 2 N–H and O–H groups in total. The van der Waals surface area contributed by atoms with Crippen molar-refractivity contribution in [1.29, 1.82) is 0 Å². The fraction of sp³-hybridized carbons (Fsp3) is 0.500. The van der Waals surface area contributed by atoms with E-state index in [0.29, 0.717) is 32.4 Å². The summed E-state index contributed by atoms with van der Waals surface area (Å²) in [5.74, 6) is -0.776. The molecule has 1 aromatic carbocycles. The van der Waals surface area contributed by atoms with Gasteiger partial charge in [0.2, 0.25) is 5.91 Å². The van der Waals surface area contributed by atoms with Gasteiger partial charge in [0.1, 0.15) is 6.04 Å². The highest BCUT2D eigenvalue weighted by Crippen LogP contribution is 2.22. The van der Waals surface area contributed by atoms with Crippen LogP contribution in [0.25, 0.3) is 0 Å². The molecule has 1 saturated heterocycles. The molecule has 6 heteroatoms. The minimum absolute atomic E-state index is 0. The van der Waals surface area contributed by atoms with Crippen LogP contribution in [-0.4, -0.2) is 41.0 Å². The molecule has 0 aromatic heterocycles. The average molecular weight is 327 g/mol. The summed E-state index contributed by atoms with van der Waals surface area (Å²) >= 11 is 0. The molecule has 122 valence electrons. The summed E-state index contributed by atoms with van der Waals surface area (Å²) in [4.78, 5) is 25.3. The van der Waals surface area contributed by atoms with E-state index in [9.17, 15) is 14.7 Å². The standard InChI is InChI=1S/C16H22N2O3.ClH/c1-2-14(16(20)21)18-10-8-12(9-11-18)15(19)17-13-6-4-3-5-7-13;/h3-7,12,14H,2,8-11H2,1H3,(H,17,19)(H,20,21);1H. The molecule has 1 fully saturated rings.